The molecule has 0 aliphatic carbocycles. The molecular weight excluding hydrogens is 390 g/mol. The van der Waals surface area contributed by atoms with E-state index in [-0.39, 0.29) is 5.91 Å². The summed E-state index contributed by atoms with van der Waals surface area (Å²) in [6.07, 6.45) is 1.43. The molecule has 0 aliphatic heterocycles. The number of carbonyl (C=O) groups is 1. The molecule has 0 bridgehead atoms. The summed E-state index contributed by atoms with van der Waals surface area (Å²) in [5, 5.41) is 2.95. The number of methoxy groups -OCH3 is 1. The molecule has 0 unspecified atom stereocenters. The summed E-state index contributed by atoms with van der Waals surface area (Å²) in [5.41, 5.74) is 3.75. The van der Waals surface area contributed by atoms with Gasteiger partial charge in [0.1, 0.15) is 6.33 Å². The van der Waals surface area contributed by atoms with Crippen LogP contribution in [0.1, 0.15) is 15.9 Å². The summed E-state index contributed by atoms with van der Waals surface area (Å²) in [4.78, 5) is 21.3. The second-order valence-electron chi connectivity index (χ2n) is 6.84. The van der Waals surface area contributed by atoms with E-state index in [1.165, 1.54) is 6.33 Å². The molecular formula is C25H21N3O3. The van der Waals surface area contributed by atoms with E-state index < -0.39 is 0 Å². The molecule has 1 heterocycles. The van der Waals surface area contributed by atoms with Gasteiger partial charge in [-0.2, -0.15) is 0 Å². The highest BCUT2D eigenvalue weighted by molar-refractivity contribution is 6.05. The highest BCUT2D eigenvalue weighted by Gasteiger charge is 2.11. The van der Waals surface area contributed by atoms with Crippen molar-refractivity contribution in [1.29, 1.82) is 0 Å². The summed E-state index contributed by atoms with van der Waals surface area (Å²) in [6.45, 7) is 1.95. The standard InChI is InChI=1S/C25H21N3O3/c1-17-8-3-4-11-20(17)28-25(29)19-10-7-9-18(14-19)21-15-24(27-16-26-21)31-23-13-6-5-12-22(23)30-2/h3-16H,1-2H3,(H,28,29). The van der Waals surface area contributed by atoms with E-state index in [1.807, 2.05) is 61.5 Å². The average Bonchev–Trinajstić information content (AvgIpc) is 2.81. The molecule has 0 spiro atoms. The van der Waals surface area contributed by atoms with E-state index in [4.69, 9.17) is 9.47 Å². The number of aryl methyl sites for hydroxylation is 1. The number of para-hydroxylation sites is 3. The number of hydrogen-bond donors (Lipinski definition) is 1. The highest BCUT2D eigenvalue weighted by Crippen LogP contribution is 2.31. The number of nitrogens with one attached hydrogen (secondary N) is 1. The summed E-state index contributed by atoms with van der Waals surface area (Å²) >= 11 is 0. The molecule has 3 aromatic carbocycles. The summed E-state index contributed by atoms with van der Waals surface area (Å²) in [7, 11) is 1.58. The predicted octanol–water partition coefficient (Wildman–Crippen LogP) is 5.51. The number of hydrogen-bond acceptors (Lipinski definition) is 5. The monoisotopic (exact) mass is 411 g/mol. The first kappa shape index (κ1) is 20.1. The maximum atomic E-state index is 12.7. The van der Waals surface area contributed by atoms with Crippen molar-refractivity contribution >= 4 is 11.6 Å². The zero-order valence-electron chi connectivity index (χ0n) is 17.2. The molecule has 6 heteroatoms. The topological polar surface area (TPSA) is 73.3 Å². The van der Waals surface area contributed by atoms with Crippen LogP contribution in [0.2, 0.25) is 0 Å². The molecule has 31 heavy (non-hydrogen) atoms. The Hall–Kier alpha value is -4.19. The molecule has 154 valence electrons. The first-order valence-electron chi connectivity index (χ1n) is 9.74. The van der Waals surface area contributed by atoms with Crippen LogP contribution in [-0.4, -0.2) is 23.0 Å². The predicted molar refractivity (Wildman–Crippen MR) is 120 cm³/mol. The zero-order valence-corrected chi connectivity index (χ0v) is 17.2. The third-order valence-corrected chi connectivity index (χ3v) is 4.74. The van der Waals surface area contributed by atoms with Crippen molar-refractivity contribution < 1.29 is 14.3 Å². The van der Waals surface area contributed by atoms with Crippen molar-refractivity contribution in [3.8, 4) is 28.6 Å². The lowest BCUT2D eigenvalue weighted by Crippen LogP contribution is -2.12. The first-order chi connectivity index (χ1) is 15.1. The van der Waals surface area contributed by atoms with Crippen molar-refractivity contribution in [3.63, 3.8) is 0 Å². The Morgan fingerprint density at radius 1 is 0.871 bits per heavy atom. The van der Waals surface area contributed by atoms with Crippen LogP contribution in [0.3, 0.4) is 0 Å². The lowest BCUT2D eigenvalue weighted by atomic mass is 10.1. The van der Waals surface area contributed by atoms with E-state index in [0.29, 0.717) is 28.6 Å². The highest BCUT2D eigenvalue weighted by atomic mass is 16.5. The normalized spacial score (nSPS) is 10.4. The number of nitrogens with zero attached hydrogens (tertiary/aromatic N) is 2. The van der Waals surface area contributed by atoms with Gasteiger partial charge >= 0.3 is 0 Å². The lowest BCUT2D eigenvalue weighted by Gasteiger charge is -2.11. The summed E-state index contributed by atoms with van der Waals surface area (Å²) < 4.78 is 11.2. The van der Waals surface area contributed by atoms with Gasteiger partial charge in [0.25, 0.3) is 5.91 Å². The van der Waals surface area contributed by atoms with Gasteiger partial charge in [0.05, 0.1) is 12.8 Å². The Morgan fingerprint density at radius 3 is 2.45 bits per heavy atom. The van der Waals surface area contributed by atoms with Gasteiger partial charge in [0.15, 0.2) is 11.5 Å². The van der Waals surface area contributed by atoms with Crippen LogP contribution in [0.4, 0.5) is 5.69 Å². The van der Waals surface area contributed by atoms with Crippen molar-refractivity contribution in [1.82, 2.24) is 9.97 Å². The largest absolute Gasteiger partial charge is 0.493 e. The van der Waals surface area contributed by atoms with Gasteiger partial charge in [-0.15, -0.1) is 0 Å². The molecule has 0 radical (unpaired) electrons. The minimum absolute atomic E-state index is 0.185. The zero-order chi connectivity index (χ0) is 21.6. The quantitative estimate of drug-likeness (QED) is 0.453. The number of anilines is 1. The first-order valence-corrected chi connectivity index (χ1v) is 9.74. The molecule has 1 aromatic heterocycles. The fourth-order valence-corrected chi connectivity index (χ4v) is 3.10. The maximum Gasteiger partial charge on any atom is 0.255 e. The van der Waals surface area contributed by atoms with Crippen molar-refractivity contribution in [2.24, 2.45) is 0 Å². The van der Waals surface area contributed by atoms with Crippen LogP contribution in [0, 0.1) is 6.92 Å². The molecule has 1 N–H and O–H groups in total. The maximum absolute atomic E-state index is 12.7. The Morgan fingerprint density at radius 2 is 1.65 bits per heavy atom. The van der Waals surface area contributed by atoms with Gasteiger partial charge in [-0.25, -0.2) is 9.97 Å². The van der Waals surface area contributed by atoms with E-state index in [2.05, 4.69) is 15.3 Å². The molecule has 1 amide bonds. The van der Waals surface area contributed by atoms with Crippen molar-refractivity contribution in [3.05, 3.63) is 96.3 Å². The van der Waals surface area contributed by atoms with Gasteiger partial charge in [0.2, 0.25) is 5.88 Å². The SMILES string of the molecule is COc1ccccc1Oc1cc(-c2cccc(C(=O)Nc3ccccc3C)c2)ncn1. The molecule has 0 saturated carbocycles. The van der Waals surface area contributed by atoms with Crippen LogP contribution >= 0.6 is 0 Å². The number of amides is 1. The number of carbonyl (C=O) groups excluding carboxylic acids is 1. The third kappa shape index (κ3) is 4.70. The van der Waals surface area contributed by atoms with Gasteiger partial charge in [0, 0.05) is 22.9 Å². The molecule has 4 aromatic rings. The Balaban J connectivity index is 1.57. The molecule has 0 atom stereocenters. The van der Waals surface area contributed by atoms with Gasteiger partial charge in [-0.05, 0) is 42.8 Å². The van der Waals surface area contributed by atoms with E-state index in [0.717, 1.165) is 16.8 Å². The number of benzene rings is 3. The molecule has 0 fully saturated rings. The van der Waals surface area contributed by atoms with Gasteiger partial charge in [-0.1, -0.05) is 42.5 Å². The summed E-state index contributed by atoms with van der Waals surface area (Å²) in [6, 6.07) is 24.0. The molecule has 6 nitrogen and oxygen atoms in total. The fraction of sp³-hybridized carbons (Fsp3) is 0.0800. The smallest absolute Gasteiger partial charge is 0.255 e. The van der Waals surface area contributed by atoms with Crippen LogP contribution in [0.15, 0.2) is 85.2 Å². The molecule has 0 saturated heterocycles. The van der Waals surface area contributed by atoms with E-state index >= 15 is 0 Å². The minimum atomic E-state index is -0.185. The van der Waals surface area contributed by atoms with Gasteiger partial charge in [-0.3, -0.25) is 4.79 Å². The Bertz CT molecular complexity index is 1220. The van der Waals surface area contributed by atoms with Gasteiger partial charge < -0.3 is 14.8 Å². The molecule has 0 aliphatic rings. The fourth-order valence-electron chi connectivity index (χ4n) is 3.10. The summed E-state index contributed by atoms with van der Waals surface area (Å²) in [5.74, 6) is 1.36. The van der Waals surface area contributed by atoms with Crippen LogP contribution in [-0.2, 0) is 0 Å². The van der Waals surface area contributed by atoms with Crippen molar-refractivity contribution in [2.45, 2.75) is 6.92 Å². The Kier molecular flexibility index (Phi) is 5.89. The minimum Gasteiger partial charge on any atom is -0.493 e. The van der Waals surface area contributed by atoms with Crippen LogP contribution in [0.25, 0.3) is 11.3 Å². The third-order valence-electron chi connectivity index (χ3n) is 4.74. The second kappa shape index (κ2) is 9.09. The van der Waals surface area contributed by atoms with E-state index in [1.54, 1.807) is 31.4 Å². The average molecular weight is 411 g/mol. The lowest BCUT2D eigenvalue weighted by molar-refractivity contribution is 0.102. The second-order valence-corrected chi connectivity index (χ2v) is 6.84. The van der Waals surface area contributed by atoms with Crippen LogP contribution < -0.4 is 14.8 Å². The van der Waals surface area contributed by atoms with E-state index in [9.17, 15) is 4.79 Å². The molecule has 4 rings (SSSR count). The number of ether oxygens (including phenoxy) is 2. The number of aromatic nitrogens is 2. The van der Waals surface area contributed by atoms with Crippen molar-refractivity contribution in [2.75, 3.05) is 12.4 Å². The Labute approximate surface area is 180 Å². The number of rotatable bonds is 6. The van der Waals surface area contributed by atoms with Crippen LogP contribution in [0.5, 0.6) is 17.4 Å².